The number of likely N-dealkylation sites (tertiary alicyclic amines) is 1. The zero-order chi connectivity index (χ0) is 13.8. The molecule has 1 saturated heterocycles. The molecule has 2 atom stereocenters. The van der Waals surface area contributed by atoms with Crippen LogP contribution in [0, 0.1) is 0 Å². The van der Waals surface area contributed by atoms with E-state index >= 15 is 0 Å². The van der Waals surface area contributed by atoms with Gasteiger partial charge in [0.15, 0.2) is 0 Å². The lowest BCUT2D eigenvalue weighted by Gasteiger charge is -2.41. The molecule has 1 rings (SSSR count). The van der Waals surface area contributed by atoms with Gasteiger partial charge in [-0.2, -0.15) is 0 Å². The van der Waals surface area contributed by atoms with Crippen LogP contribution in [0.2, 0.25) is 0 Å². The Hall–Kier alpha value is -0.160. The highest BCUT2D eigenvalue weighted by Crippen LogP contribution is 2.30. The Kier molecular flexibility index (Phi) is 6.05. The molecule has 0 amide bonds. The average Bonchev–Trinajstić information content (AvgIpc) is 2.61. The summed E-state index contributed by atoms with van der Waals surface area (Å²) in [5.41, 5.74) is 6.34. The normalized spacial score (nSPS) is 29.7. The molecule has 1 heterocycles. The van der Waals surface area contributed by atoms with Crippen molar-refractivity contribution < 1.29 is 0 Å². The smallest absolute Gasteiger partial charge is 0.0473 e. The van der Waals surface area contributed by atoms with Crippen LogP contribution >= 0.6 is 0 Å². The number of hydrogen-bond donors (Lipinski definition) is 1. The fourth-order valence-electron chi connectivity index (χ4n) is 3.07. The Bertz CT molecular complexity index is 232. The SMILES string of the molecule is CCCN(CCN(C)C)C1(CN)CC(C)N(C)C1. The van der Waals surface area contributed by atoms with E-state index in [1.807, 2.05) is 0 Å². The predicted molar refractivity (Wildman–Crippen MR) is 78.9 cm³/mol. The number of nitrogens with zero attached hydrogens (tertiary/aromatic N) is 3. The predicted octanol–water partition coefficient (Wildman–Crippen LogP) is 0.682. The monoisotopic (exact) mass is 256 g/mol. The van der Waals surface area contributed by atoms with Crippen LogP contribution in [0.5, 0.6) is 0 Å². The van der Waals surface area contributed by atoms with E-state index in [9.17, 15) is 0 Å². The minimum absolute atomic E-state index is 0.195. The second kappa shape index (κ2) is 6.85. The van der Waals surface area contributed by atoms with Gasteiger partial charge < -0.3 is 15.5 Å². The van der Waals surface area contributed by atoms with Gasteiger partial charge >= 0.3 is 0 Å². The van der Waals surface area contributed by atoms with Gasteiger partial charge in [-0.05, 0) is 47.5 Å². The molecule has 4 heteroatoms. The minimum Gasteiger partial charge on any atom is -0.329 e. The van der Waals surface area contributed by atoms with Crippen molar-refractivity contribution in [2.45, 2.75) is 38.3 Å². The lowest BCUT2D eigenvalue weighted by Crippen LogP contribution is -2.57. The lowest BCUT2D eigenvalue weighted by molar-refractivity contribution is 0.0927. The van der Waals surface area contributed by atoms with Crippen molar-refractivity contribution in [1.82, 2.24) is 14.7 Å². The topological polar surface area (TPSA) is 35.7 Å². The van der Waals surface area contributed by atoms with Crippen LogP contribution in [-0.4, -0.2) is 80.1 Å². The standard InChI is InChI=1S/C14H32N4/c1-6-7-18(9-8-16(3)4)14(11-15)10-13(2)17(5)12-14/h13H,6-12,15H2,1-5H3. The summed E-state index contributed by atoms with van der Waals surface area (Å²) in [6, 6.07) is 0.646. The number of nitrogens with two attached hydrogens (primary N) is 1. The molecule has 1 fully saturated rings. The van der Waals surface area contributed by atoms with Crippen molar-refractivity contribution >= 4 is 0 Å². The number of likely N-dealkylation sites (N-methyl/N-ethyl adjacent to an activating group) is 2. The molecule has 0 aromatic heterocycles. The van der Waals surface area contributed by atoms with Gasteiger partial charge in [-0.3, -0.25) is 4.90 Å². The molecule has 1 aliphatic heterocycles. The van der Waals surface area contributed by atoms with E-state index in [-0.39, 0.29) is 5.54 Å². The summed E-state index contributed by atoms with van der Waals surface area (Å²) in [5, 5.41) is 0. The zero-order valence-electron chi connectivity index (χ0n) is 12.9. The first-order valence-corrected chi connectivity index (χ1v) is 7.25. The summed E-state index contributed by atoms with van der Waals surface area (Å²) < 4.78 is 0. The first-order chi connectivity index (χ1) is 8.45. The summed E-state index contributed by atoms with van der Waals surface area (Å²) in [5.74, 6) is 0. The fraction of sp³-hybridized carbons (Fsp3) is 1.00. The zero-order valence-corrected chi connectivity index (χ0v) is 12.9. The molecule has 0 aromatic rings. The molecule has 0 saturated carbocycles. The van der Waals surface area contributed by atoms with E-state index in [1.54, 1.807) is 0 Å². The highest BCUT2D eigenvalue weighted by Gasteiger charge is 2.43. The Morgan fingerprint density at radius 1 is 1.28 bits per heavy atom. The third-order valence-corrected chi connectivity index (χ3v) is 4.33. The molecule has 0 aliphatic carbocycles. The molecule has 1 aliphatic rings. The van der Waals surface area contributed by atoms with Crippen molar-refractivity contribution in [3.05, 3.63) is 0 Å². The van der Waals surface area contributed by atoms with Gasteiger partial charge in [0.05, 0.1) is 0 Å². The van der Waals surface area contributed by atoms with Crippen molar-refractivity contribution in [3.8, 4) is 0 Å². The molecule has 4 nitrogen and oxygen atoms in total. The van der Waals surface area contributed by atoms with Crippen molar-refractivity contribution in [2.75, 3.05) is 53.9 Å². The molecule has 108 valence electrons. The van der Waals surface area contributed by atoms with Crippen LogP contribution in [0.15, 0.2) is 0 Å². The van der Waals surface area contributed by atoms with Crippen LogP contribution in [0.1, 0.15) is 26.7 Å². The van der Waals surface area contributed by atoms with E-state index < -0.39 is 0 Å². The molecule has 18 heavy (non-hydrogen) atoms. The average molecular weight is 256 g/mol. The maximum atomic E-state index is 6.15. The quantitative estimate of drug-likeness (QED) is 0.727. The van der Waals surface area contributed by atoms with Gasteiger partial charge in [0.2, 0.25) is 0 Å². The maximum absolute atomic E-state index is 6.15. The Balaban J connectivity index is 2.74. The lowest BCUT2D eigenvalue weighted by atomic mass is 9.93. The molecule has 0 aromatic carbocycles. The second-order valence-corrected chi connectivity index (χ2v) is 6.19. The van der Waals surface area contributed by atoms with E-state index in [4.69, 9.17) is 5.73 Å². The molecular weight excluding hydrogens is 224 g/mol. The van der Waals surface area contributed by atoms with Crippen LogP contribution in [0.4, 0.5) is 0 Å². The summed E-state index contributed by atoms with van der Waals surface area (Å²) in [6.45, 7) is 9.85. The Morgan fingerprint density at radius 3 is 2.33 bits per heavy atom. The summed E-state index contributed by atoms with van der Waals surface area (Å²) in [6.07, 6.45) is 2.40. The summed E-state index contributed by atoms with van der Waals surface area (Å²) >= 11 is 0. The third-order valence-electron chi connectivity index (χ3n) is 4.33. The molecular formula is C14H32N4. The van der Waals surface area contributed by atoms with Gasteiger partial charge in [0.25, 0.3) is 0 Å². The highest BCUT2D eigenvalue weighted by molar-refractivity contribution is 5.02. The number of rotatable bonds is 7. The third kappa shape index (κ3) is 3.67. The van der Waals surface area contributed by atoms with Crippen LogP contribution in [0.3, 0.4) is 0 Å². The van der Waals surface area contributed by atoms with E-state index in [1.165, 1.54) is 12.8 Å². The molecule has 0 radical (unpaired) electrons. The second-order valence-electron chi connectivity index (χ2n) is 6.19. The first-order valence-electron chi connectivity index (χ1n) is 7.25. The summed E-state index contributed by atoms with van der Waals surface area (Å²) in [7, 11) is 6.50. The van der Waals surface area contributed by atoms with Crippen LogP contribution in [0.25, 0.3) is 0 Å². The van der Waals surface area contributed by atoms with Crippen LogP contribution in [-0.2, 0) is 0 Å². The number of hydrogen-bond acceptors (Lipinski definition) is 4. The van der Waals surface area contributed by atoms with Crippen LogP contribution < -0.4 is 5.73 Å². The molecule has 2 unspecified atom stereocenters. The van der Waals surface area contributed by atoms with Gasteiger partial charge in [0.1, 0.15) is 0 Å². The van der Waals surface area contributed by atoms with Gasteiger partial charge in [-0.15, -0.1) is 0 Å². The maximum Gasteiger partial charge on any atom is 0.0473 e. The van der Waals surface area contributed by atoms with E-state index in [0.717, 1.165) is 32.7 Å². The fourth-order valence-corrected chi connectivity index (χ4v) is 3.07. The van der Waals surface area contributed by atoms with Gasteiger partial charge in [-0.1, -0.05) is 6.92 Å². The summed E-state index contributed by atoms with van der Waals surface area (Å²) in [4.78, 5) is 7.34. The molecule has 2 N–H and O–H groups in total. The van der Waals surface area contributed by atoms with E-state index in [0.29, 0.717) is 6.04 Å². The van der Waals surface area contributed by atoms with Gasteiger partial charge in [-0.25, -0.2) is 0 Å². The van der Waals surface area contributed by atoms with Crippen molar-refractivity contribution in [3.63, 3.8) is 0 Å². The highest BCUT2D eigenvalue weighted by atomic mass is 15.3. The molecule has 0 bridgehead atoms. The Labute approximate surface area is 113 Å². The largest absolute Gasteiger partial charge is 0.329 e. The van der Waals surface area contributed by atoms with Crippen molar-refractivity contribution in [1.29, 1.82) is 0 Å². The van der Waals surface area contributed by atoms with Gasteiger partial charge in [0, 0.05) is 37.8 Å². The first kappa shape index (κ1) is 15.9. The van der Waals surface area contributed by atoms with E-state index in [2.05, 4.69) is 49.7 Å². The minimum atomic E-state index is 0.195. The Morgan fingerprint density at radius 2 is 1.94 bits per heavy atom. The van der Waals surface area contributed by atoms with Crippen molar-refractivity contribution in [2.24, 2.45) is 5.73 Å². The molecule has 0 spiro atoms.